The molecule has 0 saturated carbocycles. The summed E-state index contributed by atoms with van der Waals surface area (Å²) in [6.45, 7) is 0. The van der Waals surface area contributed by atoms with Crippen molar-refractivity contribution in [2.24, 2.45) is 0 Å². The van der Waals surface area contributed by atoms with Gasteiger partial charge in [0.05, 0.1) is 16.7 Å². The number of anilines is 1. The van der Waals surface area contributed by atoms with Crippen LogP contribution in [0.2, 0.25) is 0 Å². The second kappa shape index (κ2) is 6.15. The van der Waals surface area contributed by atoms with Gasteiger partial charge in [0, 0.05) is 11.8 Å². The van der Waals surface area contributed by atoms with Crippen LogP contribution in [0.15, 0.2) is 29.6 Å². The fourth-order valence-corrected chi connectivity index (χ4v) is 2.38. The van der Waals surface area contributed by atoms with Crippen LogP contribution in [0, 0.1) is 27.3 Å². The van der Waals surface area contributed by atoms with Crippen molar-refractivity contribution in [2.45, 2.75) is 10.9 Å². The summed E-state index contributed by atoms with van der Waals surface area (Å²) in [7, 11) is 0. The summed E-state index contributed by atoms with van der Waals surface area (Å²) < 4.78 is 13.7. The first kappa shape index (κ1) is 14.7. The van der Waals surface area contributed by atoms with Crippen LogP contribution in [0.1, 0.15) is 11.1 Å². The molecule has 0 aliphatic heterocycles. The van der Waals surface area contributed by atoms with Crippen LogP contribution in [0.5, 0.6) is 0 Å². The molecule has 0 bridgehead atoms. The van der Waals surface area contributed by atoms with Crippen molar-refractivity contribution < 1.29 is 9.31 Å². The molecule has 0 atom stereocenters. The maximum Gasteiger partial charge on any atom is 0.276 e. The third-order valence-electron chi connectivity index (χ3n) is 2.55. The fraction of sp³-hybridized carbons (Fsp3) is 0.0833. The van der Waals surface area contributed by atoms with Crippen LogP contribution in [-0.4, -0.2) is 14.9 Å². The summed E-state index contributed by atoms with van der Waals surface area (Å²) in [4.78, 5) is 18.0. The van der Waals surface area contributed by atoms with Gasteiger partial charge in [0.15, 0.2) is 5.16 Å². The average molecular weight is 305 g/mol. The number of nitro benzene ring substituents is 1. The zero-order valence-corrected chi connectivity index (χ0v) is 11.3. The Kier molecular flexibility index (Phi) is 4.30. The van der Waals surface area contributed by atoms with E-state index in [9.17, 15) is 14.5 Å². The average Bonchev–Trinajstić information content (AvgIpc) is 2.45. The molecule has 2 N–H and O–H groups in total. The minimum Gasteiger partial charge on any atom is -0.382 e. The molecule has 106 valence electrons. The Hall–Kier alpha value is -2.73. The summed E-state index contributed by atoms with van der Waals surface area (Å²) in [6, 6.07) is 5.48. The van der Waals surface area contributed by atoms with Crippen LogP contribution in [0.4, 0.5) is 15.9 Å². The molecule has 0 radical (unpaired) electrons. The van der Waals surface area contributed by atoms with E-state index < -0.39 is 10.7 Å². The van der Waals surface area contributed by atoms with Crippen LogP contribution in [-0.2, 0) is 5.75 Å². The Morgan fingerprint density at radius 2 is 2.29 bits per heavy atom. The third-order valence-corrected chi connectivity index (χ3v) is 3.44. The molecule has 0 amide bonds. The van der Waals surface area contributed by atoms with Crippen molar-refractivity contribution in [1.29, 1.82) is 5.26 Å². The number of nitro groups is 1. The van der Waals surface area contributed by atoms with E-state index in [1.807, 2.05) is 6.07 Å². The van der Waals surface area contributed by atoms with Crippen molar-refractivity contribution in [2.75, 3.05) is 5.73 Å². The quantitative estimate of drug-likeness (QED) is 0.398. The Balaban J connectivity index is 2.23. The van der Waals surface area contributed by atoms with Gasteiger partial charge in [-0.2, -0.15) is 5.26 Å². The summed E-state index contributed by atoms with van der Waals surface area (Å²) in [5.41, 5.74) is 5.33. The standard InChI is InChI=1S/C12H8FN5O2S/c13-9-2-1-3-10(18(19)20)8(9)6-21-12-16-5-7(4-14)11(15)17-12/h1-3,5H,6H2,(H2,15,16,17). The Morgan fingerprint density at radius 1 is 1.52 bits per heavy atom. The first-order chi connectivity index (χ1) is 10.0. The fourth-order valence-electron chi connectivity index (χ4n) is 1.53. The summed E-state index contributed by atoms with van der Waals surface area (Å²) in [5.74, 6) is -0.676. The highest BCUT2D eigenvalue weighted by Gasteiger charge is 2.18. The number of halogens is 1. The van der Waals surface area contributed by atoms with Gasteiger partial charge in [0.25, 0.3) is 5.69 Å². The van der Waals surface area contributed by atoms with E-state index in [2.05, 4.69) is 9.97 Å². The number of hydrogen-bond donors (Lipinski definition) is 1. The maximum absolute atomic E-state index is 13.7. The zero-order valence-electron chi connectivity index (χ0n) is 10.5. The molecule has 0 saturated heterocycles. The van der Waals surface area contributed by atoms with Crippen LogP contribution < -0.4 is 5.73 Å². The highest BCUT2D eigenvalue weighted by molar-refractivity contribution is 7.98. The number of nitrogen functional groups attached to an aromatic ring is 1. The number of nitrogens with zero attached hydrogens (tertiary/aromatic N) is 4. The SMILES string of the molecule is N#Cc1cnc(SCc2c(F)cccc2[N+](=O)[O-])nc1N. The maximum atomic E-state index is 13.7. The van der Waals surface area contributed by atoms with E-state index >= 15 is 0 Å². The summed E-state index contributed by atoms with van der Waals surface area (Å²) in [6.07, 6.45) is 1.25. The second-order valence-corrected chi connectivity index (χ2v) is 4.79. The summed E-state index contributed by atoms with van der Waals surface area (Å²) in [5, 5.41) is 19.8. The van der Waals surface area contributed by atoms with Gasteiger partial charge >= 0.3 is 0 Å². The van der Waals surface area contributed by atoms with Gasteiger partial charge in [-0.1, -0.05) is 17.8 Å². The van der Waals surface area contributed by atoms with Crippen molar-refractivity contribution in [3.63, 3.8) is 0 Å². The topological polar surface area (TPSA) is 119 Å². The number of aromatic nitrogens is 2. The molecule has 2 rings (SSSR count). The number of nitrogens with two attached hydrogens (primary N) is 1. The Morgan fingerprint density at radius 3 is 2.90 bits per heavy atom. The lowest BCUT2D eigenvalue weighted by atomic mass is 10.2. The van der Waals surface area contributed by atoms with Gasteiger partial charge in [0.2, 0.25) is 0 Å². The second-order valence-electron chi connectivity index (χ2n) is 3.85. The Labute approximate surface area is 122 Å². The molecule has 7 nitrogen and oxygen atoms in total. The smallest absolute Gasteiger partial charge is 0.276 e. The lowest BCUT2D eigenvalue weighted by molar-refractivity contribution is -0.385. The lowest BCUT2D eigenvalue weighted by Gasteiger charge is -2.04. The van der Waals surface area contributed by atoms with Crippen molar-refractivity contribution in [3.05, 3.63) is 51.5 Å². The molecule has 0 spiro atoms. The zero-order chi connectivity index (χ0) is 15.4. The molecule has 9 heteroatoms. The van der Waals surface area contributed by atoms with E-state index in [4.69, 9.17) is 11.0 Å². The molecule has 21 heavy (non-hydrogen) atoms. The predicted octanol–water partition coefficient (Wildman–Crippen LogP) is 2.27. The van der Waals surface area contributed by atoms with Gasteiger partial charge in [-0.05, 0) is 6.07 Å². The molecule has 2 aromatic rings. The lowest BCUT2D eigenvalue weighted by Crippen LogP contribution is -2.00. The summed E-state index contributed by atoms with van der Waals surface area (Å²) >= 11 is 0.997. The largest absolute Gasteiger partial charge is 0.382 e. The third kappa shape index (κ3) is 3.24. The van der Waals surface area contributed by atoms with Crippen LogP contribution >= 0.6 is 11.8 Å². The molecule has 0 aliphatic rings. The monoisotopic (exact) mass is 305 g/mol. The van der Waals surface area contributed by atoms with Gasteiger partial charge in [-0.15, -0.1) is 0 Å². The Bertz CT molecular complexity index is 747. The minimum atomic E-state index is -0.668. The molecular weight excluding hydrogens is 297 g/mol. The number of nitriles is 1. The number of benzene rings is 1. The molecular formula is C12H8FN5O2S. The predicted molar refractivity (Wildman–Crippen MR) is 73.8 cm³/mol. The highest BCUT2D eigenvalue weighted by atomic mass is 32.2. The van der Waals surface area contributed by atoms with Gasteiger partial charge in [0.1, 0.15) is 23.3 Å². The highest BCUT2D eigenvalue weighted by Crippen LogP contribution is 2.28. The number of rotatable bonds is 4. The van der Waals surface area contributed by atoms with Crippen LogP contribution in [0.25, 0.3) is 0 Å². The molecule has 0 aliphatic carbocycles. The van der Waals surface area contributed by atoms with Crippen molar-refractivity contribution in [1.82, 2.24) is 9.97 Å². The first-order valence-electron chi connectivity index (χ1n) is 5.60. The van der Waals surface area contributed by atoms with Gasteiger partial charge < -0.3 is 5.73 Å². The molecule has 1 aromatic heterocycles. The van der Waals surface area contributed by atoms with Crippen molar-refractivity contribution in [3.8, 4) is 6.07 Å². The van der Waals surface area contributed by atoms with Crippen molar-refractivity contribution >= 4 is 23.3 Å². The van der Waals surface area contributed by atoms with Crippen LogP contribution in [0.3, 0.4) is 0 Å². The van der Waals surface area contributed by atoms with Gasteiger partial charge in [-0.3, -0.25) is 10.1 Å². The van der Waals surface area contributed by atoms with E-state index in [1.165, 1.54) is 18.3 Å². The normalized spacial score (nSPS) is 10.1. The molecule has 1 heterocycles. The van der Waals surface area contributed by atoms with E-state index in [-0.39, 0.29) is 33.5 Å². The number of hydrogen-bond acceptors (Lipinski definition) is 7. The first-order valence-corrected chi connectivity index (χ1v) is 6.58. The van der Waals surface area contributed by atoms with E-state index in [0.29, 0.717) is 0 Å². The molecule has 0 unspecified atom stereocenters. The number of thioether (sulfide) groups is 1. The molecule has 0 fully saturated rings. The minimum absolute atomic E-state index is 0.0121. The molecule has 1 aromatic carbocycles. The van der Waals surface area contributed by atoms with Gasteiger partial charge in [-0.25, -0.2) is 14.4 Å². The van der Waals surface area contributed by atoms with E-state index in [1.54, 1.807) is 0 Å². The van der Waals surface area contributed by atoms with E-state index in [0.717, 1.165) is 17.8 Å².